The summed E-state index contributed by atoms with van der Waals surface area (Å²) in [6, 6.07) is -0.0187. The number of carbonyl (C=O) groups excluding carboxylic acids is 1. The van der Waals surface area contributed by atoms with Gasteiger partial charge in [-0.05, 0) is 40.0 Å². The van der Waals surface area contributed by atoms with Crippen LogP contribution < -0.4 is 5.32 Å². The lowest BCUT2D eigenvalue weighted by molar-refractivity contribution is 0.0347. The number of hydrogen-bond acceptors (Lipinski definition) is 3. The molecule has 17 heavy (non-hydrogen) atoms. The van der Waals surface area contributed by atoms with Crippen LogP contribution in [0.1, 0.15) is 48.0 Å². The molecule has 0 aliphatic heterocycles. The molecule has 0 saturated carbocycles. The molecule has 4 heteroatoms. The van der Waals surface area contributed by atoms with E-state index in [4.69, 9.17) is 9.47 Å². The fourth-order valence-corrected chi connectivity index (χ4v) is 1.50. The van der Waals surface area contributed by atoms with Crippen molar-refractivity contribution in [2.45, 2.75) is 65.7 Å². The maximum absolute atomic E-state index is 11.7. The first-order chi connectivity index (χ1) is 7.65. The van der Waals surface area contributed by atoms with E-state index in [0.717, 1.165) is 6.42 Å². The van der Waals surface area contributed by atoms with Crippen molar-refractivity contribution in [2.75, 3.05) is 7.11 Å². The highest BCUT2D eigenvalue weighted by atomic mass is 16.6. The Balaban J connectivity index is 4.37. The highest BCUT2D eigenvalue weighted by Gasteiger charge is 2.23. The number of nitrogens with one attached hydrogen (secondary N) is 1. The van der Waals surface area contributed by atoms with Gasteiger partial charge in [-0.1, -0.05) is 13.8 Å². The van der Waals surface area contributed by atoms with Crippen LogP contribution in [0.25, 0.3) is 0 Å². The number of hydrogen-bond donors (Lipinski definition) is 1. The fraction of sp³-hybridized carbons (Fsp3) is 0.923. The molecule has 4 nitrogen and oxygen atoms in total. The van der Waals surface area contributed by atoms with Gasteiger partial charge in [-0.3, -0.25) is 0 Å². The second kappa shape index (κ2) is 6.84. The van der Waals surface area contributed by atoms with Gasteiger partial charge < -0.3 is 14.8 Å². The molecule has 0 aromatic rings. The SMILES string of the molecule is COC(C)[C@H](CC(C)C)NC(=O)OC(C)(C)C. The van der Waals surface area contributed by atoms with E-state index in [1.54, 1.807) is 7.11 Å². The molecule has 0 aliphatic carbocycles. The highest BCUT2D eigenvalue weighted by Crippen LogP contribution is 2.12. The number of amides is 1. The summed E-state index contributed by atoms with van der Waals surface area (Å²) in [5.41, 5.74) is -0.469. The van der Waals surface area contributed by atoms with E-state index in [1.807, 2.05) is 27.7 Å². The van der Waals surface area contributed by atoms with E-state index in [2.05, 4.69) is 19.2 Å². The second-order valence-corrected chi connectivity index (χ2v) is 5.82. The number of alkyl carbamates (subject to hydrolysis) is 1. The first kappa shape index (κ1) is 16.2. The van der Waals surface area contributed by atoms with E-state index in [-0.39, 0.29) is 18.2 Å². The lowest BCUT2D eigenvalue weighted by atomic mass is 10.00. The summed E-state index contributed by atoms with van der Waals surface area (Å²) in [4.78, 5) is 11.7. The molecule has 1 N–H and O–H groups in total. The minimum absolute atomic E-state index is 0.0187. The van der Waals surface area contributed by atoms with Crippen LogP contribution in [0.4, 0.5) is 4.79 Å². The smallest absolute Gasteiger partial charge is 0.407 e. The summed E-state index contributed by atoms with van der Waals surface area (Å²) < 4.78 is 10.5. The molecule has 0 rings (SSSR count). The molecule has 2 atom stereocenters. The molecular weight excluding hydrogens is 218 g/mol. The minimum Gasteiger partial charge on any atom is -0.444 e. The van der Waals surface area contributed by atoms with Crippen molar-refractivity contribution in [3.05, 3.63) is 0 Å². The van der Waals surface area contributed by atoms with Crippen LogP contribution in [-0.4, -0.2) is 30.9 Å². The largest absolute Gasteiger partial charge is 0.444 e. The number of carbonyl (C=O) groups is 1. The third-order valence-electron chi connectivity index (χ3n) is 2.37. The van der Waals surface area contributed by atoms with Gasteiger partial charge in [-0.15, -0.1) is 0 Å². The third-order valence-corrected chi connectivity index (χ3v) is 2.37. The number of rotatable bonds is 5. The van der Waals surface area contributed by atoms with Crippen LogP contribution >= 0.6 is 0 Å². The Labute approximate surface area is 105 Å². The Morgan fingerprint density at radius 1 is 1.24 bits per heavy atom. The molecule has 102 valence electrons. The van der Waals surface area contributed by atoms with Gasteiger partial charge in [0.15, 0.2) is 0 Å². The van der Waals surface area contributed by atoms with E-state index in [0.29, 0.717) is 5.92 Å². The lowest BCUT2D eigenvalue weighted by Gasteiger charge is -2.27. The molecule has 0 heterocycles. The first-order valence-electron chi connectivity index (χ1n) is 6.18. The van der Waals surface area contributed by atoms with Gasteiger partial charge in [0.25, 0.3) is 0 Å². The Morgan fingerprint density at radius 2 is 1.76 bits per heavy atom. The topological polar surface area (TPSA) is 47.6 Å². The van der Waals surface area contributed by atoms with Gasteiger partial charge in [0, 0.05) is 7.11 Å². The fourth-order valence-electron chi connectivity index (χ4n) is 1.50. The maximum Gasteiger partial charge on any atom is 0.407 e. The van der Waals surface area contributed by atoms with Crippen molar-refractivity contribution in [3.63, 3.8) is 0 Å². The quantitative estimate of drug-likeness (QED) is 0.810. The summed E-state index contributed by atoms with van der Waals surface area (Å²) in [5.74, 6) is 0.493. The average Bonchev–Trinajstić information content (AvgIpc) is 2.11. The standard InChI is InChI=1S/C13H27NO3/c1-9(2)8-11(10(3)16-7)14-12(15)17-13(4,5)6/h9-11H,8H2,1-7H3,(H,14,15)/t10?,11-/m0/s1. The predicted molar refractivity (Wildman–Crippen MR) is 69.1 cm³/mol. The molecular formula is C13H27NO3. The molecule has 0 bridgehead atoms. The molecule has 0 aromatic carbocycles. The molecule has 0 fully saturated rings. The number of ether oxygens (including phenoxy) is 2. The van der Waals surface area contributed by atoms with Crippen LogP contribution in [0.2, 0.25) is 0 Å². The van der Waals surface area contributed by atoms with Crippen molar-refractivity contribution >= 4 is 6.09 Å². The summed E-state index contributed by atoms with van der Waals surface area (Å²) in [6.45, 7) is 11.7. The van der Waals surface area contributed by atoms with Crippen LogP contribution in [0.3, 0.4) is 0 Å². The zero-order valence-corrected chi connectivity index (χ0v) is 12.2. The van der Waals surface area contributed by atoms with Gasteiger partial charge >= 0.3 is 6.09 Å². The van der Waals surface area contributed by atoms with Gasteiger partial charge in [-0.2, -0.15) is 0 Å². The van der Waals surface area contributed by atoms with Gasteiger partial charge in [0.05, 0.1) is 12.1 Å². The molecule has 0 spiro atoms. The van der Waals surface area contributed by atoms with Crippen LogP contribution in [0.15, 0.2) is 0 Å². The van der Waals surface area contributed by atoms with Crippen molar-refractivity contribution in [2.24, 2.45) is 5.92 Å². The predicted octanol–water partition coefficient (Wildman–Crippen LogP) is 2.96. The van der Waals surface area contributed by atoms with E-state index < -0.39 is 5.60 Å². The van der Waals surface area contributed by atoms with Crippen molar-refractivity contribution in [1.82, 2.24) is 5.32 Å². The maximum atomic E-state index is 11.7. The van der Waals surface area contributed by atoms with E-state index in [1.165, 1.54) is 0 Å². The van der Waals surface area contributed by atoms with Crippen LogP contribution in [0, 0.1) is 5.92 Å². The summed E-state index contributed by atoms with van der Waals surface area (Å²) in [6.07, 6.45) is 0.464. The Hall–Kier alpha value is -0.770. The molecule has 1 amide bonds. The number of methoxy groups -OCH3 is 1. The minimum atomic E-state index is -0.469. The van der Waals surface area contributed by atoms with E-state index in [9.17, 15) is 4.79 Å². The van der Waals surface area contributed by atoms with Crippen molar-refractivity contribution < 1.29 is 14.3 Å². The summed E-state index contributed by atoms with van der Waals surface area (Å²) in [5, 5.41) is 2.87. The molecule has 0 saturated heterocycles. The van der Waals surface area contributed by atoms with Crippen molar-refractivity contribution in [3.8, 4) is 0 Å². The van der Waals surface area contributed by atoms with Gasteiger partial charge in [0.1, 0.15) is 5.60 Å². The average molecular weight is 245 g/mol. The third kappa shape index (κ3) is 8.02. The van der Waals surface area contributed by atoms with Gasteiger partial charge in [0.2, 0.25) is 0 Å². The molecule has 0 radical (unpaired) electrons. The van der Waals surface area contributed by atoms with Crippen LogP contribution in [-0.2, 0) is 9.47 Å². The Kier molecular flexibility index (Phi) is 6.53. The zero-order valence-electron chi connectivity index (χ0n) is 12.2. The molecule has 0 aliphatic rings. The molecule has 0 aromatic heterocycles. The summed E-state index contributed by atoms with van der Waals surface area (Å²) >= 11 is 0. The Bertz CT molecular complexity index is 233. The highest BCUT2D eigenvalue weighted by molar-refractivity contribution is 5.68. The zero-order chi connectivity index (χ0) is 13.6. The Morgan fingerprint density at radius 3 is 2.12 bits per heavy atom. The first-order valence-corrected chi connectivity index (χ1v) is 6.18. The normalized spacial score (nSPS) is 15.5. The monoisotopic (exact) mass is 245 g/mol. The van der Waals surface area contributed by atoms with Crippen LogP contribution in [0.5, 0.6) is 0 Å². The van der Waals surface area contributed by atoms with Crippen molar-refractivity contribution in [1.29, 1.82) is 0 Å². The summed E-state index contributed by atoms with van der Waals surface area (Å²) in [7, 11) is 1.65. The lowest BCUT2D eigenvalue weighted by Crippen LogP contribution is -2.45. The van der Waals surface area contributed by atoms with E-state index >= 15 is 0 Å². The molecule has 1 unspecified atom stereocenters. The van der Waals surface area contributed by atoms with Gasteiger partial charge in [-0.25, -0.2) is 4.79 Å². The second-order valence-electron chi connectivity index (χ2n) is 5.82.